The van der Waals surface area contributed by atoms with Crippen molar-refractivity contribution in [2.45, 2.75) is 45.6 Å². The minimum absolute atomic E-state index is 0.333. The number of rotatable bonds is 3. The number of aryl methyl sites for hydroxylation is 1. The van der Waals surface area contributed by atoms with Crippen LogP contribution in [0.3, 0.4) is 0 Å². The Bertz CT molecular complexity index is 411. The molecule has 0 spiro atoms. The van der Waals surface area contributed by atoms with Gasteiger partial charge in [-0.3, -0.25) is 0 Å². The predicted octanol–water partition coefficient (Wildman–Crippen LogP) is 1.87. The molecule has 0 saturated carbocycles. The van der Waals surface area contributed by atoms with Crippen LogP contribution in [0.1, 0.15) is 44.6 Å². The molecule has 0 radical (unpaired) electrons. The highest BCUT2D eigenvalue weighted by Crippen LogP contribution is 2.29. The number of β-amino-alcohol motifs (C(OH)–C–C–N with tert-alkyl or cyclic N) is 1. The van der Waals surface area contributed by atoms with Crippen molar-refractivity contribution in [2.24, 2.45) is 0 Å². The maximum atomic E-state index is 10.0. The second-order valence-corrected chi connectivity index (χ2v) is 5.31. The fraction of sp³-hybridized carbons (Fsp3) is 0.692. The summed E-state index contributed by atoms with van der Waals surface area (Å²) in [7, 11) is 0. The summed E-state index contributed by atoms with van der Waals surface area (Å²) in [6, 6.07) is 1.99. The zero-order valence-electron chi connectivity index (χ0n) is 11.1. The van der Waals surface area contributed by atoms with Crippen molar-refractivity contribution < 1.29 is 5.11 Å². The average Bonchev–Trinajstić information content (AvgIpc) is 2.23. The molecule has 0 atom stereocenters. The molecule has 0 unspecified atom stereocenters. The molecule has 17 heavy (non-hydrogen) atoms. The molecule has 0 aromatic carbocycles. The van der Waals surface area contributed by atoms with Gasteiger partial charge in [-0.05, 0) is 13.3 Å². The van der Waals surface area contributed by atoms with Gasteiger partial charge in [0.1, 0.15) is 11.6 Å². The molecular formula is C13H21N3O. The number of anilines is 1. The summed E-state index contributed by atoms with van der Waals surface area (Å²) in [4.78, 5) is 11.1. The molecule has 0 aliphatic carbocycles. The van der Waals surface area contributed by atoms with Gasteiger partial charge in [0.05, 0.1) is 5.60 Å². The van der Waals surface area contributed by atoms with Gasteiger partial charge in [-0.25, -0.2) is 9.97 Å². The van der Waals surface area contributed by atoms with E-state index in [9.17, 15) is 5.11 Å². The maximum Gasteiger partial charge on any atom is 0.133 e. The largest absolute Gasteiger partial charge is 0.386 e. The van der Waals surface area contributed by atoms with Gasteiger partial charge in [0.2, 0.25) is 0 Å². The molecule has 1 saturated heterocycles. The molecule has 0 amide bonds. The van der Waals surface area contributed by atoms with Crippen molar-refractivity contribution in [3.05, 3.63) is 17.6 Å². The van der Waals surface area contributed by atoms with E-state index in [0.29, 0.717) is 19.0 Å². The van der Waals surface area contributed by atoms with Crippen LogP contribution in [-0.4, -0.2) is 33.8 Å². The first-order chi connectivity index (χ1) is 7.93. The minimum atomic E-state index is -0.517. The fourth-order valence-electron chi connectivity index (χ4n) is 2.04. The number of hydrogen-bond acceptors (Lipinski definition) is 4. The Morgan fingerprint density at radius 1 is 1.41 bits per heavy atom. The Hall–Kier alpha value is -1.16. The van der Waals surface area contributed by atoms with E-state index in [4.69, 9.17) is 0 Å². The fourth-order valence-corrected chi connectivity index (χ4v) is 2.04. The molecule has 4 heteroatoms. The number of nitrogens with zero attached hydrogens (tertiary/aromatic N) is 3. The minimum Gasteiger partial charge on any atom is -0.386 e. The molecule has 1 aliphatic heterocycles. The van der Waals surface area contributed by atoms with Crippen LogP contribution in [0.2, 0.25) is 0 Å². The average molecular weight is 235 g/mol. The zero-order valence-corrected chi connectivity index (χ0v) is 11.1. The Morgan fingerprint density at radius 3 is 2.59 bits per heavy atom. The topological polar surface area (TPSA) is 49.2 Å². The van der Waals surface area contributed by atoms with Gasteiger partial charge in [0, 0.05) is 30.8 Å². The third kappa shape index (κ3) is 2.41. The van der Waals surface area contributed by atoms with Gasteiger partial charge < -0.3 is 10.0 Å². The Morgan fingerprint density at radius 2 is 2.06 bits per heavy atom. The molecule has 1 aromatic rings. The summed E-state index contributed by atoms with van der Waals surface area (Å²) in [6.07, 6.45) is 0.796. The van der Waals surface area contributed by atoms with E-state index in [2.05, 4.69) is 28.7 Å². The third-order valence-corrected chi connectivity index (χ3v) is 3.33. The smallest absolute Gasteiger partial charge is 0.133 e. The predicted molar refractivity (Wildman–Crippen MR) is 68.3 cm³/mol. The summed E-state index contributed by atoms with van der Waals surface area (Å²) < 4.78 is 0. The monoisotopic (exact) mass is 235 g/mol. The second-order valence-electron chi connectivity index (χ2n) is 5.31. The van der Waals surface area contributed by atoms with Crippen LogP contribution in [-0.2, 0) is 0 Å². The van der Waals surface area contributed by atoms with Gasteiger partial charge in [0.15, 0.2) is 0 Å². The first-order valence-electron chi connectivity index (χ1n) is 6.26. The van der Waals surface area contributed by atoms with Crippen LogP contribution in [0.4, 0.5) is 5.82 Å². The molecule has 94 valence electrons. The van der Waals surface area contributed by atoms with Crippen LogP contribution in [0.25, 0.3) is 0 Å². The molecule has 0 bridgehead atoms. The Kier molecular flexibility index (Phi) is 3.08. The van der Waals surface area contributed by atoms with Crippen LogP contribution < -0.4 is 4.90 Å². The zero-order chi connectivity index (χ0) is 12.6. The summed E-state index contributed by atoms with van der Waals surface area (Å²) in [5, 5.41) is 10.0. The number of aliphatic hydroxyl groups is 1. The third-order valence-electron chi connectivity index (χ3n) is 3.33. The van der Waals surface area contributed by atoms with E-state index in [0.717, 1.165) is 23.8 Å². The van der Waals surface area contributed by atoms with E-state index >= 15 is 0 Å². The molecule has 1 aromatic heterocycles. The van der Waals surface area contributed by atoms with Crippen molar-refractivity contribution in [1.29, 1.82) is 0 Å². The van der Waals surface area contributed by atoms with Crippen LogP contribution in [0.5, 0.6) is 0 Å². The normalized spacial score (nSPS) is 18.4. The lowest BCUT2D eigenvalue weighted by atomic mass is 9.91. The standard InChI is InChI=1S/C13H21N3O/c1-5-13(17)7-16(8-13)11-6-10(4)14-12(15-11)9(2)3/h6,9,17H,5,7-8H2,1-4H3. The second kappa shape index (κ2) is 4.26. The van der Waals surface area contributed by atoms with E-state index < -0.39 is 5.60 Å². The van der Waals surface area contributed by atoms with E-state index in [1.165, 1.54) is 0 Å². The summed E-state index contributed by atoms with van der Waals surface area (Å²) in [5.74, 6) is 2.16. The summed E-state index contributed by atoms with van der Waals surface area (Å²) in [6.45, 7) is 9.55. The molecule has 1 aliphatic rings. The van der Waals surface area contributed by atoms with Gasteiger partial charge in [-0.1, -0.05) is 20.8 Å². The first kappa shape index (κ1) is 12.3. The highest BCUT2D eigenvalue weighted by molar-refractivity contribution is 5.45. The Balaban J connectivity index is 2.18. The molecule has 4 nitrogen and oxygen atoms in total. The van der Waals surface area contributed by atoms with Gasteiger partial charge >= 0.3 is 0 Å². The maximum absolute atomic E-state index is 10.0. The van der Waals surface area contributed by atoms with Crippen molar-refractivity contribution in [2.75, 3.05) is 18.0 Å². The van der Waals surface area contributed by atoms with E-state index in [1.807, 2.05) is 19.9 Å². The van der Waals surface area contributed by atoms with Crippen LogP contribution >= 0.6 is 0 Å². The number of hydrogen-bond donors (Lipinski definition) is 1. The lowest BCUT2D eigenvalue weighted by Crippen LogP contribution is -2.61. The molecule has 1 fully saturated rings. The molecular weight excluding hydrogens is 214 g/mol. The molecule has 2 heterocycles. The lowest BCUT2D eigenvalue weighted by molar-refractivity contribution is 0.00801. The number of aromatic nitrogens is 2. The lowest BCUT2D eigenvalue weighted by Gasteiger charge is -2.46. The van der Waals surface area contributed by atoms with Gasteiger partial charge in [0.25, 0.3) is 0 Å². The highest BCUT2D eigenvalue weighted by atomic mass is 16.3. The van der Waals surface area contributed by atoms with Crippen molar-refractivity contribution >= 4 is 5.82 Å². The SMILES string of the molecule is CCC1(O)CN(c2cc(C)nc(C(C)C)n2)C1. The van der Waals surface area contributed by atoms with E-state index in [1.54, 1.807) is 0 Å². The molecule has 2 rings (SSSR count). The van der Waals surface area contributed by atoms with Crippen molar-refractivity contribution in [3.8, 4) is 0 Å². The quantitative estimate of drug-likeness (QED) is 0.869. The summed E-state index contributed by atoms with van der Waals surface area (Å²) >= 11 is 0. The van der Waals surface area contributed by atoms with Gasteiger partial charge in [-0.2, -0.15) is 0 Å². The van der Waals surface area contributed by atoms with Crippen molar-refractivity contribution in [3.63, 3.8) is 0 Å². The van der Waals surface area contributed by atoms with Crippen LogP contribution in [0.15, 0.2) is 6.07 Å². The Labute approximate surface area is 103 Å². The molecule has 1 N–H and O–H groups in total. The first-order valence-corrected chi connectivity index (χ1v) is 6.26. The summed E-state index contributed by atoms with van der Waals surface area (Å²) in [5.41, 5.74) is 0.474. The van der Waals surface area contributed by atoms with Crippen molar-refractivity contribution in [1.82, 2.24) is 9.97 Å². The van der Waals surface area contributed by atoms with Crippen LogP contribution in [0, 0.1) is 6.92 Å². The highest BCUT2D eigenvalue weighted by Gasteiger charge is 2.40. The van der Waals surface area contributed by atoms with Gasteiger partial charge in [-0.15, -0.1) is 0 Å². The van der Waals surface area contributed by atoms with E-state index in [-0.39, 0.29) is 0 Å².